The maximum absolute atomic E-state index is 13.7. The number of fused-ring (bicyclic) bond motifs is 4. The van der Waals surface area contributed by atoms with E-state index in [0.29, 0.717) is 52.2 Å². The van der Waals surface area contributed by atoms with Gasteiger partial charge in [0.15, 0.2) is 11.5 Å². The van der Waals surface area contributed by atoms with E-state index in [0.717, 1.165) is 34.5 Å². The molecule has 1 fully saturated rings. The van der Waals surface area contributed by atoms with Gasteiger partial charge in [-0.1, -0.05) is 18.2 Å². The Morgan fingerprint density at radius 3 is 2.45 bits per heavy atom. The van der Waals surface area contributed by atoms with Crippen LogP contribution in [0.25, 0.3) is 10.4 Å². The lowest BCUT2D eigenvalue weighted by atomic mass is 10.1. The van der Waals surface area contributed by atoms with Crippen molar-refractivity contribution in [3.63, 3.8) is 0 Å². The van der Waals surface area contributed by atoms with Crippen LogP contribution in [0.2, 0.25) is 0 Å². The van der Waals surface area contributed by atoms with E-state index in [-0.39, 0.29) is 24.5 Å². The molecular weight excluding hydrogens is 526 g/mol. The van der Waals surface area contributed by atoms with Crippen molar-refractivity contribution < 1.29 is 23.9 Å². The van der Waals surface area contributed by atoms with Crippen LogP contribution in [-0.2, 0) is 6.42 Å². The number of carbonyl (C=O) groups is 3. The van der Waals surface area contributed by atoms with Crippen molar-refractivity contribution in [2.24, 2.45) is 0 Å². The second kappa shape index (κ2) is 9.84. The number of amides is 3. The normalized spacial score (nSPS) is 15.1. The second-order valence-electron chi connectivity index (χ2n) is 10.0. The lowest BCUT2D eigenvalue weighted by molar-refractivity contribution is 0.0952. The smallest absolute Gasteiger partial charge is 0.261 e. The molecule has 1 aromatic heterocycles. The fraction of sp³-hybridized carbons (Fsp3) is 0.194. The lowest BCUT2D eigenvalue weighted by Crippen LogP contribution is -2.32. The Morgan fingerprint density at radius 2 is 1.62 bits per heavy atom. The van der Waals surface area contributed by atoms with Crippen LogP contribution in [0.5, 0.6) is 11.5 Å². The Hall–Kier alpha value is -4.63. The molecule has 1 aliphatic carbocycles. The lowest BCUT2D eigenvalue weighted by Gasteiger charge is -2.23. The Labute approximate surface area is 234 Å². The van der Waals surface area contributed by atoms with Crippen molar-refractivity contribution in [1.82, 2.24) is 5.32 Å². The summed E-state index contributed by atoms with van der Waals surface area (Å²) in [5, 5.41) is 5.94. The number of thiophene rings is 1. The molecule has 0 spiro atoms. The maximum atomic E-state index is 13.7. The van der Waals surface area contributed by atoms with E-state index in [1.54, 1.807) is 47.4 Å². The molecular formula is C31H25N3O5S. The number of hydrogen-bond donors (Lipinski definition) is 2. The average Bonchev–Trinajstić information content (AvgIpc) is 3.53. The van der Waals surface area contributed by atoms with Crippen molar-refractivity contribution in [3.05, 3.63) is 94.4 Å². The summed E-state index contributed by atoms with van der Waals surface area (Å²) in [4.78, 5) is 42.7. The molecule has 8 nitrogen and oxygen atoms in total. The molecule has 3 aromatic carbocycles. The molecule has 3 aliphatic rings. The van der Waals surface area contributed by atoms with E-state index < -0.39 is 0 Å². The number of para-hydroxylation sites is 1. The van der Waals surface area contributed by atoms with Crippen molar-refractivity contribution in [1.29, 1.82) is 0 Å². The molecule has 7 rings (SSSR count). The number of rotatable bonds is 5. The highest BCUT2D eigenvalue weighted by atomic mass is 32.1. The number of ether oxygens (including phenoxy) is 2. The van der Waals surface area contributed by atoms with Crippen LogP contribution in [-0.4, -0.2) is 37.1 Å². The van der Waals surface area contributed by atoms with Crippen LogP contribution >= 0.6 is 11.3 Å². The number of nitrogens with zero attached hydrogens (tertiary/aromatic N) is 1. The first-order chi connectivity index (χ1) is 19.5. The molecule has 1 saturated carbocycles. The van der Waals surface area contributed by atoms with Crippen LogP contribution in [0.4, 0.5) is 11.4 Å². The minimum absolute atomic E-state index is 0.0170. The highest BCUT2D eigenvalue weighted by molar-refractivity contribution is 7.17. The first-order valence-electron chi connectivity index (χ1n) is 13.2. The van der Waals surface area contributed by atoms with Gasteiger partial charge in [-0.15, -0.1) is 11.3 Å². The van der Waals surface area contributed by atoms with Gasteiger partial charge < -0.3 is 25.0 Å². The Kier molecular flexibility index (Phi) is 6.00. The topological polar surface area (TPSA) is 97.0 Å². The van der Waals surface area contributed by atoms with Gasteiger partial charge in [0, 0.05) is 39.8 Å². The molecule has 2 N–H and O–H groups in total. The molecule has 9 heteroatoms. The Balaban J connectivity index is 1.09. The summed E-state index contributed by atoms with van der Waals surface area (Å²) in [6.07, 6.45) is 2.74. The van der Waals surface area contributed by atoms with Crippen LogP contribution in [0.1, 0.15) is 48.8 Å². The van der Waals surface area contributed by atoms with Crippen LogP contribution < -0.4 is 25.0 Å². The van der Waals surface area contributed by atoms with Crippen molar-refractivity contribution in [2.75, 3.05) is 23.6 Å². The predicted octanol–water partition coefficient (Wildman–Crippen LogP) is 5.49. The van der Waals surface area contributed by atoms with Gasteiger partial charge in [-0.05, 0) is 79.4 Å². The van der Waals surface area contributed by atoms with Gasteiger partial charge >= 0.3 is 0 Å². The van der Waals surface area contributed by atoms with E-state index in [4.69, 9.17) is 9.47 Å². The molecule has 0 bridgehead atoms. The number of carbonyl (C=O) groups excluding carboxylic acids is 3. The summed E-state index contributed by atoms with van der Waals surface area (Å²) < 4.78 is 10.7. The van der Waals surface area contributed by atoms with Crippen LogP contribution in [0.15, 0.2) is 72.8 Å². The molecule has 40 heavy (non-hydrogen) atoms. The van der Waals surface area contributed by atoms with Crippen LogP contribution in [0.3, 0.4) is 0 Å². The van der Waals surface area contributed by atoms with E-state index in [9.17, 15) is 14.4 Å². The third-order valence-electron chi connectivity index (χ3n) is 7.26. The van der Waals surface area contributed by atoms with Gasteiger partial charge in [0.05, 0.1) is 10.6 Å². The zero-order chi connectivity index (χ0) is 27.2. The van der Waals surface area contributed by atoms with Crippen molar-refractivity contribution in [3.8, 4) is 21.9 Å². The summed E-state index contributed by atoms with van der Waals surface area (Å²) in [7, 11) is 0. The Bertz CT molecular complexity index is 1660. The summed E-state index contributed by atoms with van der Waals surface area (Å²) in [6.45, 7) is 0.635. The Morgan fingerprint density at radius 1 is 0.850 bits per heavy atom. The summed E-state index contributed by atoms with van der Waals surface area (Å²) in [6, 6.07) is 22.0. The third kappa shape index (κ3) is 4.58. The minimum Gasteiger partial charge on any atom is -0.454 e. The molecule has 4 aromatic rings. The second-order valence-corrected chi connectivity index (χ2v) is 11.1. The van der Waals surface area contributed by atoms with E-state index in [2.05, 4.69) is 10.6 Å². The van der Waals surface area contributed by atoms with E-state index in [1.807, 2.05) is 30.3 Å². The van der Waals surface area contributed by atoms with Gasteiger partial charge in [-0.25, -0.2) is 0 Å². The van der Waals surface area contributed by atoms with Crippen molar-refractivity contribution >= 4 is 40.4 Å². The zero-order valence-electron chi connectivity index (χ0n) is 21.4. The number of benzene rings is 3. The van der Waals surface area contributed by atoms with Gasteiger partial charge in [0.1, 0.15) is 0 Å². The molecule has 0 radical (unpaired) electrons. The summed E-state index contributed by atoms with van der Waals surface area (Å²) in [5.74, 6) is 0.734. The molecule has 3 heterocycles. The highest BCUT2D eigenvalue weighted by Gasteiger charge is 2.29. The first kappa shape index (κ1) is 24.4. The third-order valence-corrected chi connectivity index (χ3v) is 8.47. The SMILES string of the molecule is O=C(Nc1ccc(C(=O)N2CCc3cc(C(=O)NC4CC4)sc3-c3ccccc32)cc1)c1ccc2c(c1)OCO2. The van der Waals surface area contributed by atoms with E-state index in [1.165, 1.54) is 11.3 Å². The fourth-order valence-corrected chi connectivity index (χ4v) is 6.14. The molecule has 0 saturated heterocycles. The van der Waals surface area contributed by atoms with E-state index >= 15 is 0 Å². The number of hydrogen-bond acceptors (Lipinski definition) is 6. The molecule has 0 atom stereocenters. The van der Waals surface area contributed by atoms with Gasteiger partial charge in [0.2, 0.25) is 6.79 Å². The van der Waals surface area contributed by atoms with Crippen LogP contribution in [0, 0.1) is 0 Å². The summed E-state index contributed by atoms with van der Waals surface area (Å²) >= 11 is 1.49. The zero-order valence-corrected chi connectivity index (χ0v) is 22.3. The largest absolute Gasteiger partial charge is 0.454 e. The van der Waals surface area contributed by atoms with Gasteiger partial charge in [-0.2, -0.15) is 0 Å². The number of nitrogens with one attached hydrogen (secondary N) is 2. The predicted molar refractivity (Wildman–Crippen MR) is 153 cm³/mol. The maximum Gasteiger partial charge on any atom is 0.261 e. The molecule has 0 unspecified atom stereocenters. The van der Waals surface area contributed by atoms with Crippen molar-refractivity contribution in [2.45, 2.75) is 25.3 Å². The summed E-state index contributed by atoms with van der Waals surface area (Å²) in [5.41, 5.74) is 4.40. The molecule has 200 valence electrons. The quantitative estimate of drug-likeness (QED) is 0.342. The number of anilines is 2. The molecule has 2 aliphatic heterocycles. The fourth-order valence-electron chi connectivity index (χ4n) is 5.00. The standard InChI is InChI=1S/C31H25N3O5S/c35-29(20-7-12-25-26(15-20)39-17-38-25)32-21-8-5-18(6-9-21)31(37)34-14-13-19-16-27(30(36)33-22-10-11-22)40-28(19)23-3-1-2-4-24(23)34/h1-9,12,15-16,22H,10-11,13-14,17H2,(H,32,35)(H,33,36). The first-order valence-corrected chi connectivity index (χ1v) is 14.0. The molecule has 3 amide bonds. The monoisotopic (exact) mass is 551 g/mol. The minimum atomic E-state index is -0.282. The van der Waals surface area contributed by atoms with Gasteiger partial charge in [-0.3, -0.25) is 14.4 Å². The highest BCUT2D eigenvalue weighted by Crippen LogP contribution is 2.42. The average molecular weight is 552 g/mol. The van der Waals surface area contributed by atoms with Gasteiger partial charge in [0.25, 0.3) is 17.7 Å².